The molecule has 6 heteroatoms. The van der Waals surface area contributed by atoms with Gasteiger partial charge in [0.05, 0.1) is 12.9 Å². The van der Waals surface area contributed by atoms with Gasteiger partial charge in [0, 0.05) is 10.0 Å². The fourth-order valence-electron chi connectivity index (χ4n) is 1.24. The average molecular weight is 312 g/mol. The van der Waals surface area contributed by atoms with Crippen LogP contribution in [0, 0.1) is 0 Å². The summed E-state index contributed by atoms with van der Waals surface area (Å²) in [6, 6.07) is 7.86. The second kappa shape index (κ2) is 7.50. The maximum absolute atomic E-state index is 9.18. The SMILES string of the molecule is CCOC=O.Nc1[nH]cnc1-c1cccc(Br)c1. The number of aromatic nitrogens is 2. The molecule has 0 aliphatic carbocycles. The number of aromatic amines is 1. The molecule has 1 aromatic carbocycles. The first-order valence-corrected chi connectivity index (χ1v) is 6.08. The van der Waals surface area contributed by atoms with Crippen LogP contribution >= 0.6 is 15.9 Å². The third-order valence-electron chi connectivity index (χ3n) is 2.00. The van der Waals surface area contributed by atoms with Gasteiger partial charge in [-0.05, 0) is 19.1 Å². The Labute approximate surface area is 114 Å². The number of halogens is 1. The molecule has 0 aliphatic rings. The van der Waals surface area contributed by atoms with E-state index in [4.69, 9.17) is 5.73 Å². The summed E-state index contributed by atoms with van der Waals surface area (Å²) in [7, 11) is 0. The summed E-state index contributed by atoms with van der Waals surface area (Å²) in [5.41, 5.74) is 7.49. The number of benzene rings is 1. The lowest BCUT2D eigenvalue weighted by Gasteiger charge is -1.98. The van der Waals surface area contributed by atoms with E-state index in [1.165, 1.54) is 0 Å². The molecule has 0 atom stereocenters. The average Bonchev–Trinajstić information content (AvgIpc) is 2.77. The number of nitrogens with one attached hydrogen (secondary N) is 1. The molecule has 0 fully saturated rings. The largest absolute Gasteiger partial charge is 0.468 e. The van der Waals surface area contributed by atoms with E-state index in [0.29, 0.717) is 18.9 Å². The molecule has 18 heavy (non-hydrogen) atoms. The molecule has 0 unspecified atom stereocenters. The molecule has 0 aliphatic heterocycles. The standard InChI is InChI=1S/C9H8BrN3.C3H6O2/c10-7-3-1-2-6(4-7)8-9(11)13-5-12-8;1-2-5-3-4/h1-5H,11H2,(H,12,13);3H,2H2,1H3. The van der Waals surface area contributed by atoms with Crippen molar-refractivity contribution in [2.45, 2.75) is 6.92 Å². The van der Waals surface area contributed by atoms with Gasteiger partial charge in [-0.1, -0.05) is 28.1 Å². The number of hydrogen-bond donors (Lipinski definition) is 2. The van der Waals surface area contributed by atoms with Crippen LogP contribution in [0.3, 0.4) is 0 Å². The molecule has 0 saturated heterocycles. The summed E-state index contributed by atoms with van der Waals surface area (Å²) in [5, 5.41) is 0. The van der Waals surface area contributed by atoms with Gasteiger partial charge in [-0.3, -0.25) is 4.79 Å². The molecular weight excluding hydrogens is 298 g/mol. The van der Waals surface area contributed by atoms with E-state index in [2.05, 4.69) is 30.6 Å². The number of carbonyl (C=O) groups is 1. The van der Waals surface area contributed by atoms with Crippen LogP contribution in [0.5, 0.6) is 0 Å². The van der Waals surface area contributed by atoms with E-state index in [0.717, 1.165) is 15.7 Å². The zero-order valence-corrected chi connectivity index (χ0v) is 11.5. The third-order valence-corrected chi connectivity index (χ3v) is 2.49. The van der Waals surface area contributed by atoms with E-state index >= 15 is 0 Å². The van der Waals surface area contributed by atoms with Gasteiger partial charge in [-0.25, -0.2) is 4.98 Å². The predicted octanol–water partition coefficient (Wildman–Crippen LogP) is 2.60. The van der Waals surface area contributed by atoms with Gasteiger partial charge in [0.1, 0.15) is 11.5 Å². The van der Waals surface area contributed by atoms with Crippen molar-refractivity contribution < 1.29 is 9.53 Å². The Balaban J connectivity index is 0.000000280. The van der Waals surface area contributed by atoms with Crippen molar-refractivity contribution in [2.24, 2.45) is 0 Å². The minimum atomic E-state index is 0.431. The fraction of sp³-hybridized carbons (Fsp3) is 0.167. The highest BCUT2D eigenvalue weighted by Gasteiger charge is 2.04. The van der Waals surface area contributed by atoms with Crippen LogP contribution in [-0.4, -0.2) is 23.0 Å². The summed E-state index contributed by atoms with van der Waals surface area (Å²) >= 11 is 3.39. The molecule has 0 amide bonds. The van der Waals surface area contributed by atoms with Crippen molar-refractivity contribution in [3.8, 4) is 11.3 Å². The quantitative estimate of drug-likeness (QED) is 0.854. The molecule has 1 aromatic heterocycles. The summed E-state index contributed by atoms with van der Waals surface area (Å²) in [6.07, 6.45) is 1.59. The number of H-pyrrole nitrogens is 1. The van der Waals surface area contributed by atoms with Crippen molar-refractivity contribution >= 4 is 28.2 Å². The zero-order valence-electron chi connectivity index (χ0n) is 9.89. The van der Waals surface area contributed by atoms with Gasteiger partial charge in [0.25, 0.3) is 6.47 Å². The topological polar surface area (TPSA) is 81.0 Å². The Morgan fingerprint density at radius 1 is 1.56 bits per heavy atom. The molecule has 1 heterocycles. The van der Waals surface area contributed by atoms with Crippen molar-refractivity contribution in [1.29, 1.82) is 0 Å². The molecule has 0 bridgehead atoms. The van der Waals surface area contributed by atoms with Crippen LogP contribution in [0.4, 0.5) is 5.82 Å². The van der Waals surface area contributed by atoms with Gasteiger partial charge in [-0.2, -0.15) is 0 Å². The molecule has 0 radical (unpaired) electrons. The van der Waals surface area contributed by atoms with Crippen LogP contribution in [-0.2, 0) is 9.53 Å². The number of nitrogens with two attached hydrogens (primary N) is 1. The number of hydrogen-bond acceptors (Lipinski definition) is 4. The maximum atomic E-state index is 9.18. The third kappa shape index (κ3) is 4.21. The minimum absolute atomic E-state index is 0.431. The number of nitrogen functional groups attached to an aromatic ring is 1. The highest BCUT2D eigenvalue weighted by Crippen LogP contribution is 2.24. The number of nitrogens with zero attached hydrogens (tertiary/aromatic N) is 1. The highest BCUT2D eigenvalue weighted by atomic mass is 79.9. The Morgan fingerprint density at radius 2 is 2.33 bits per heavy atom. The van der Waals surface area contributed by atoms with Gasteiger partial charge in [0.15, 0.2) is 0 Å². The lowest BCUT2D eigenvalue weighted by atomic mass is 10.1. The lowest BCUT2D eigenvalue weighted by Crippen LogP contribution is -1.88. The van der Waals surface area contributed by atoms with E-state index in [1.807, 2.05) is 24.3 Å². The Hall–Kier alpha value is -1.82. The molecule has 0 saturated carbocycles. The number of ether oxygens (including phenoxy) is 1. The van der Waals surface area contributed by atoms with Gasteiger partial charge in [0.2, 0.25) is 0 Å². The smallest absolute Gasteiger partial charge is 0.293 e. The fourth-order valence-corrected chi connectivity index (χ4v) is 1.64. The first kappa shape index (κ1) is 14.2. The predicted molar refractivity (Wildman–Crippen MR) is 73.8 cm³/mol. The lowest BCUT2D eigenvalue weighted by molar-refractivity contribution is -0.128. The second-order valence-electron chi connectivity index (χ2n) is 3.23. The number of carbonyl (C=O) groups excluding carboxylic acids is 1. The van der Waals surface area contributed by atoms with E-state index < -0.39 is 0 Å². The van der Waals surface area contributed by atoms with Crippen molar-refractivity contribution in [3.63, 3.8) is 0 Å². The molecular formula is C12H14BrN3O2. The van der Waals surface area contributed by atoms with E-state index in [9.17, 15) is 4.79 Å². The van der Waals surface area contributed by atoms with Gasteiger partial charge >= 0.3 is 0 Å². The molecule has 3 N–H and O–H groups in total. The van der Waals surface area contributed by atoms with Crippen LogP contribution in [0.25, 0.3) is 11.3 Å². The van der Waals surface area contributed by atoms with Crippen molar-refractivity contribution in [2.75, 3.05) is 12.3 Å². The van der Waals surface area contributed by atoms with Crippen LogP contribution in [0.15, 0.2) is 35.1 Å². The summed E-state index contributed by atoms with van der Waals surface area (Å²) < 4.78 is 5.17. The minimum Gasteiger partial charge on any atom is -0.468 e. The molecule has 5 nitrogen and oxygen atoms in total. The van der Waals surface area contributed by atoms with Gasteiger partial charge in [-0.15, -0.1) is 0 Å². The summed E-state index contributed by atoms with van der Waals surface area (Å²) in [4.78, 5) is 16.1. The number of rotatable bonds is 3. The molecule has 96 valence electrons. The second-order valence-corrected chi connectivity index (χ2v) is 4.14. The van der Waals surface area contributed by atoms with Crippen LogP contribution in [0.2, 0.25) is 0 Å². The van der Waals surface area contributed by atoms with Crippen LogP contribution < -0.4 is 5.73 Å². The Morgan fingerprint density at radius 3 is 2.78 bits per heavy atom. The Kier molecular flexibility index (Phi) is 5.93. The molecule has 2 rings (SSSR count). The van der Waals surface area contributed by atoms with E-state index in [1.54, 1.807) is 13.3 Å². The van der Waals surface area contributed by atoms with Gasteiger partial charge < -0.3 is 15.5 Å². The highest BCUT2D eigenvalue weighted by molar-refractivity contribution is 9.10. The van der Waals surface area contributed by atoms with Crippen LogP contribution in [0.1, 0.15) is 6.92 Å². The zero-order chi connectivity index (χ0) is 13.4. The summed E-state index contributed by atoms with van der Waals surface area (Å²) in [6.45, 7) is 2.66. The number of imidazole rings is 1. The number of anilines is 1. The first-order valence-electron chi connectivity index (χ1n) is 5.29. The van der Waals surface area contributed by atoms with Crippen molar-refractivity contribution in [3.05, 3.63) is 35.1 Å². The van der Waals surface area contributed by atoms with Crippen molar-refractivity contribution in [1.82, 2.24) is 9.97 Å². The van der Waals surface area contributed by atoms with E-state index in [-0.39, 0.29) is 0 Å². The maximum Gasteiger partial charge on any atom is 0.293 e. The Bertz CT molecular complexity index is 500. The first-order chi connectivity index (χ1) is 8.69. The summed E-state index contributed by atoms with van der Waals surface area (Å²) in [5.74, 6) is 0.595. The molecule has 0 spiro atoms. The molecule has 2 aromatic rings. The normalized spacial score (nSPS) is 9.22. The monoisotopic (exact) mass is 311 g/mol.